The number of nitrogen functional groups attached to an aromatic ring is 1. The summed E-state index contributed by atoms with van der Waals surface area (Å²) in [6, 6.07) is 14.8. The Bertz CT molecular complexity index is 1440. The Morgan fingerprint density at radius 2 is 1.78 bits per heavy atom. The van der Waals surface area contributed by atoms with Gasteiger partial charge < -0.3 is 15.3 Å². The number of nitrogens with zero attached hydrogens (tertiary/aromatic N) is 3. The summed E-state index contributed by atoms with van der Waals surface area (Å²) >= 11 is 0. The summed E-state index contributed by atoms with van der Waals surface area (Å²) in [6.45, 7) is 5.99. The van der Waals surface area contributed by atoms with Gasteiger partial charge in [-0.25, -0.2) is 9.48 Å². The number of aromatic nitrogens is 2. The first-order chi connectivity index (χ1) is 17.7. The van der Waals surface area contributed by atoms with E-state index < -0.39 is 5.97 Å². The Balaban J connectivity index is 1.46. The second-order valence-corrected chi connectivity index (χ2v) is 10.3. The Hall–Kier alpha value is -4.07. The van der Waals surface area contributed by atoms with Crippen LogP contribution in [0, 0.1) is 11.8 Å². The lowest BCUT2D eigenvalue weighted by atomic mass is 9.82. The number of carbonyl (C=O) groups excluding carboxylic acids is 1. The summed E-state index contributed by atoms with van der Waals surface area (Å²) in [5, 5.41) is 15.5. The summed E-state index contributed by atoms with van der Waals surface area (Å²) in [5.41, 5.74) is 8.77. The van der Waals surface area contributed by atoms with E-state index in [1.807, 2.05) is 56.3 Å². The van der Waals surface area contributed by atoms with Gasteiger partial charge in [0.05, 0.1) is 5.69 Å². The molecule has 0 unspecified atom stereocenters. The van der Waals surface area contributed by atoms with Gasteiger partial charge in [-0.2, -0.15) is 0 Å². The molecule has 0 aliphatic heterocycles. The number of furan rings is 1. The molecular weight excluding hydrogens is 468 g/mol. The summed E-state index contributed by atoms with van der Waals surface area (Å²) in [6.07, 6.45) is 5.13. The summed E-state index contributed by atoms with van der Waals surface area (Å²) in [5.74, 6) is 0.239. The van der Waals surface area contributed by atoms with Crippen LogP contribution in [0.25, 0.3) is 28.0 Å². The van der Waals surface area contributed by atoms with Gasteiger partial charge in [0.25, 0.3) is 0 Å². The minimum atomic E-state index is -1.12. The molecule has 0 spiro atoms. The number of anilines is 2. The highest BCUT2D eigenvalue weighted by Gasteiger charge is 2.34. The topological polar surface area (TPSA) is 115 Å². The molecule has 4 aromatic rings. The Morgan fingerprint density at radius 1 is 1.08 bits per heavy atom. The molecule has 2 aromatic heterocycles. The molecule has 2 aromatic carbocycles. The van der Waals surface area contributed by atoms with Crippen LogP contribution >= 0.6 is 0 Å². The van der Waals surface area contributed by atoms with Gasteiger partial charge in [0, 0.05) is 40.9 Å². The van der Waals surface area contributed by atoms with Crippen LogP contribution in [0.3, 0.4) is 0 Å². The molecule has 1 amide bonds. The normalized spacial score (nSPS) is 17.8. The van der Waals surface area contributed by atoms with Crippen molar-refractivity contribution in [2.75, 3.05) is 10.6 Å². The summed E-state index contributed by atoms with van der Waals surface area (Å²) < 4.78 is 7.48. The third-order valence-corrected chi connectivity index (χ3v) is 7.23. The Kier molecular flexibility index (Phi) is 6.50. The fourth-order valence-corrected chi connectivity index (χ4v) is 5.10. The van der Waals surface area contributed by atoms with Gasteiger partial charge in [-0.3, -0.25) is 9.69 Å². The van der Waals surface area contributed by atoms with Crippen molar-refractivity contribution in [1.82, 2.24) is 9.78 Å². The number of carbonyl (C=O) groups is 2. The molecule has 5 rings (SSSR count). The standard InChI is InChI=1S/C29H32N4O4/c1-17(2)33(28(34)20-6-4-18(3)5-7-20)27-24(29(35)36)16-32(31-27)23-12-9-19(10-13-23)25-14-21-8-11-22(30)15-26(21)37-25/h8-18,20H,4-7,30H2,1-3H3,(H,35,36). The maximum absolute atomic E-state index is 13.5. The van der Waals surface area contributed by atoms with E-state index in [-0.39, 0.29) is 29.2 Å². The van der Waals surface area contributed by atoms with Gasteiger partial charge in [0.2, 0.25) is 5.91 Å². The molecular formula is C29H32N4O4. The van der Waals surface area contributed by atoms with E-state index >= 15 is 0 Å². The number of benzene rings is 2. The zero-order chi connectivity index (χ0) is 26.3. The van der Waals surface area contributed by atoms with E-state index in [2.05, 4.69) is 12.0 Å². The lowest BCUT2D eigenvalue weighted by molar-refractivity contribution is -0.124. The number of aromatic carboxylic acids is 1. The number of nitrogens with two attached hydrogens (primary N) is 1. The van der Waals surface area contributed by atoms with Crippen LogP contribution in [-0.2, 0) is 4.79 Å². The number of fused-ring (bicyclic) bond motifs is 1. The minimum absolute atomic E-state index is 0.00479. The van der Waals surface area contributed by atoms with E-state index in [1.54, 1.807) is 11.0 Å². The number of carboxylic acids is 1. The van der Waals surface area contributed by atoms with E-state index in [9.17, 15) is 14.7 Å². The zero-order valence-electron chi connectivity index (χ0n) is 21.3. The predicted molar refractivity (Wildman–Crippen MR) is 144 cm³/mol. The zero-order valence-corrected chi connectivity index (χ0v) is 21.3. The third kappa shape index (κ3) is 4.83. The molecule has 0 radical (unpaired) electrons. The van der Waals surface area contributed by atoms with Crippen LogP contribution in [0.1, 0.15) is 56.8 Å². The number of amides is 1. The molecule has 8 nitrogen and oxygen atoms in total. The molecule has 3 N–H and O–H groups in total. The average Bonchev–Trinajstić information content (AvgIpc) is 3.49. The minimum Gasteiger partial charge on any atom is -0.477 e. The molecule has 1 fully saturated rings. The summed E-state index contributed by atoms with van der Waals surface area (Å²) in [7, 11) is 0. The highest BCUT2D eigenvalue weighted by atomic mass is 16.4. The van der Waals surface area contributed by atoms with E-state index in [1.165, 1.54) is 10.9 Å². The molecule has 8 heteroatoms. The van der Waals surface area contributed by atoms with Gasteiger partial charge in [0.1, 0.15) is 16.9 Å². The fourth-order valence-electron chi connectivity index (χ4n) is 5.10. The van der Waals surface area contributed by atoms with Gasteiger partial charge in [-0.15, -0.1) is 5.10 Å². The van der Waals surface area contributed by atoms with Gasteiger partial charge in [0.15, 0.2) is 5.82 Å². The maximum Gasteiger partial charge on any atom is 0.341 e. The van der Waals surface area contributed by atoms with Crippen LogP contribution in [0.2, 0.25) is 0 Å². The van der Waals surface area contributed by atoms with Crippen molar-refractivity contribution in [3.05, 3.63) is 60.3 Å². The van der Waals surface area contributed by atoms with Crippen molar-refractivity contribution in [3.8, 4) is 17.0 Å². The van der Waals surface area contributed by atoms with Crippen LogP contribution in [0.4, 0.5) is 11.5 Å². The van der Waals surface area contributed by atoms with E-state index in [0.29, 0.717) is 28.6 Å². The molecule has 192 valence electrons. The lowest BCUT2D eigenvalue weighted by Crippen LogP contribution is -2.43. The lowest BCUT2D eigenvalue weighted by Gasteiger charge is -2.32. The Morgan fingerprint density at radius 3 is 2.43 bits per heavy atom. The van der Waals surface area contributed by atoms with Crippen molar-refractivity contribution in [1.29, 1.82) is 0 Å². The van der Waals surface area contributed by atoms with Crippen LogP contribution in [0.5, 0.6) is 0 Å². The van der Waals surface area contributed by atoms with Crippen molar-refractivity contribution < 1.29 is 19.1 Å². The number of rotatable bonds is 6. The quantitative estimate of drug-likeness (QED) is 0.308. The average molecular weight is 501 g/mol. The van der Waals surface area contributed by atoms with E-state index in [0.717, 1.165) is 36.6 Å². The molecule has 1 aliphatic carbocycles. The van der Waals surface area contributed by atoms with Crippen molar-refractivity contribution >= 4 is 34.4 Å². The maximum atomic E-state index is 13.5. The molecule has 1 saturated carbocycles. The molecule has 2 heterocycles. The highest BCUT2D eigenvalue weighted by Crippen LogP contribution is 2.33. The first-order valence-electron chi connectivity index (χ1n) is 12.8. The molecule has 37 heavy (non-hydrogen) atoms. The highest BCUT2D eigenvalue weighted by molar-refractivity contribution is 6.01. The smallest absolute Gasteiger partial charge is 0.341 e. The van der Waals surface area contributed by atoms with Crippen molar-refractivity contribution in [2.24, 2.45) is 11.8 Å². The van der Waals surface area contributed by atoms with Crippen LogP contribution in [0.15, 0.2) is 59.1 Å². The molecule has 0 bridgehead atoms. The molecule has 0 atom stereocenters. The van der Waals surface area contributed by atoms with Gasteiger partial charge >= 0.3 is 5.97 Å². The monoisotopic (exact) mass is 500 g/mol. The number of carboxylic acid groups (broad SMARTS) is 1. The third-order valence-electron chi connectivity index (χ3n) is 7.23. The van der Waals surface area contributed by atoms with Crippen molar-refractivity contribution in [3.63, 3.8) is 0 Å². The van der Waals surface area contributed by atoms with Crippen LogP contribution in [-0.4, -0.2) is 32.8 Å². The largest absolute Gasteiger partial charge is 0.477 e. The first-order valence-corrected chi connectivity index (χ1v) is 12.8. The fraction of sp³-hybridized carbons (Fsp3) is 0.345. The predicted octanol–water partition coefficient (Wildman–Crippen LogP) is 6.13. The number of hydrogen-bond donors (Lipinski definition) is 2. The summed E-state index contributed by atoms with van der Waals surface area (Å²) in [4.78, 5) is 27.3. The van der Waals surface area contributed by atoms with Gasteiger partial charge in [-0.1, -0.05) is 6.92 Å². The molecule has 0 saturated heterocycles. The first kappa shape index (κ1) is 24.6. The Labute approximate surface area is 215 Å². The number of hydrogen-bond acceptors (Lipinski definition) is 5. The molecule has 1 aliphatic rings. The SMILES string of the molecule is CC1CCC(C(=O)N(c2nn(-c3ccc(-c4cc5ccc(N)cc5o4)cc3)cc2C(=O)O)C(C)C)CC1. The second kappa shape index (κ2) is 9.76. The second-order valence-electron chi connectivity index (χ2n) is 10.3. The van der Waals surface area contributed by atoms with E-state index in [4.69, 9.17) is 10.2 Å². The van der Waals surface area contributed by atoms with Crippen LogP contribution < -0.4 is 10.6 Å². The van der Waals surface area contributed by atoms with Gasteiger partial charge in [-0.05, 0) is 87.9 Å². The van der Waals surface area contributed by atoms with Crippen molar-refractivity contribution in [2.45, 2.75) is 52.5 Å².